The maximum atomic E-state index is 3.33. The molecule has 2 aliphatic rings. The highest BCUT2D eigenvalue weighted by Gasteiger charge is 2.29. The van der Waals surface area contributed by atoms with Crippen molar-refractivity contribution < 1.29 is 0 Å². The monoisotopic (exact) mass is 169 g/mol. The minimum absolute atomic E-state index is 0.736. The Kier molecular flexibility index (Phi) is 2.35. The normalized spacial score (nSPS) is 35.0. The van der Waals surface area contributed by atoms with Gasteiger partial charge >= 0.3 is 0 Å². The van der Waals surface area contributed by atoms with Crippen LogP contribution in [0.2, 0.25) is 0 Å². The minimum atomic E-state index is 0.736. The van der Waals surface area contributed by atoms with Crippen molar-refractivity contribution in [3.05, 3.63) is 0 Å². The standard InChI is InChI=1S/C9H19N3/c1-8-7-12(4-3-11(8)2)9-5-10-6-9/h8-10H,3-7H2,1-2H3/t8-/m1/s1. The molecule has 70 valence electrons. The zero-order valence-electron chi connectivity index (χ0n) is 8.08. The number of hydrogen-bond donors (Lipinski definition) is 1. The molecule has 0 unspecified atom stereocenters. The van der Waals surface area contributed by atoms with E-state index in [1.807, 2.05) is 0 Å². The fourth-order valence-corrected chi connectivity index (χ4v) is 1.94. The van der Waals surface area contributed by atoms with Crippen molar-refractivity contribution in [3.8, 4) is 0 Å². The molecule has 3 heteroatoms. The van der Waals surface area contributed by atoms with Gasteiger partial charge in [-0.05, 0) is 14.0 Å². The Balaban J connectivity index is 1.84. The molecule has 2 rings (SSSR count). The van der Waals surface area contributed by atoms with Gasteiger partial charge in [0.05, 0.1) is 0 Å². The quantitative estimate of drug-likeness (QED) is 0.576. The second-order valence-corrected chi connectivity index (χ2v) is 4.14. The van der Waals surface area contributed by atoms with E-state index in [0.29, 0.717) is 0 Å². The molecule has 0 aliphatic carbocycles. The van der Waals surface area contributed by atoms with Crippen molar-refractivity contribution in [2.24, 2.45) is 0 Å². The maximum Gasteiger partial charge on any atom is 0.0346 e. The fourth-order valence-electron chi connectivity index (χ4n) is 1.94. The molecule has 2 aliphatic heterocycles. The van der Waals surface area contributed by atoms with Gasteiger partial charge in [-0.1, -0.05) is 0 Å². The molecule has 12 heavy (non-hydrogen) atoms. The van der Waals surface area contributed by atoms with Crippen LogP contribution in [0.4, 0.5) is 0 Å². The molecule has 0 aromatic carbocycles. The molecule has 3 nitrogen and oxygen atoms in total. The van der Waals surface area contributed by atoms with Gasteiger partial charge in [0, 0.05) is 44.8 Å². The van der Waals surface area contributed by atoms with Crippen LogP contribution in [0.1, 0.15) is 6.92 Å². The molecule has 1 atom stereocenters. The second kappa shape index (κ2) is 3.32. The maximum absolute atomic E-state index is 3.33. The Labute approximate surface area is 74.7 Å². The highest BCUT2D eigenvalue weighted by Crippen LogP contribution is 2.12. The van der Waals surface area contributed by atoms with Gasteiger partial charge in [0.1, 0.15) is 0 Å². The van der Waals surface area contributed by atoms with Crippen molar-refractivity contribution >= 4 is 0 Å². The Morgan fingerprint density at radius 3 is 2.50 bits per heavy atom. The Morgan fingerprint density at radius 2 is 2.00 bits per heavy atom. The zero-order valence-corrected chi connectivity index (χ0v) is 8.08. The third kappa shape index (κ3) is 1.49. The SMILES string of the molecule is C[C@@H]1CN(C2CNC2)CCN1C. The number of piperazine rings is 1. The van der Waals surface area contributed by atoms with Crippen molar-refractivity contribution in [2.75, 3.05) is 39.8 Å². The van der Waals surface area contributed by atoms with Crippen molar-refractivity contribution in [1.82, 2.24) is 15.1 Å². The Hall–Kier alpha value is -0.120. The molecule has 0 saturated carbocycles. The van der Waals surface area contributed by atoms with Crippen molar-refractivity contribution in [3.63, 3.8) is 0 Å². The summed E-state index contributed by atoms with van der Waals surface area (Å²) < 4.78 is 0. The van der Waals surface area contributed by atoms with Crippen LogP contribution < -0.4 is 5.32 Å². The lowest BCUT2D eigenvalue weighted by atomic mass is 10.1. The van der Waals surface area contributed by atoms with Crippen molar-refractivity contribution in [1.29, 1.82) is 0 Å². The van der Waals surface area contributed by atoms with Crippen molar-refractivity contribution in [2.45, 2.75) is 19.0 Å². The Bertz CT molecular complexity index is 156. The van der Waals surface area contributed by atoms with Crippen LogP contribution in [-0.2, 0) is 0 Å². The lowest BCUT2D eigenvalue weighted by Gasteiger charge is -2.45. The van der Waals surface area contributed by atoms with E-state index in [1.165, 1.54) is 32.7 Å². The molecule has 0 bridgehead atoms. The first-order valence-electron chi connectivity index (χ1n) is 4.92. The van der Waals surface area contributed by atoms with E-state index in [9.17, 15) is 0 Å². The van der Waals surface area contributed by atoms with E-state index < -0.39 is 0 Å². The third-order valence-corrected chi connectivity index (χ3v) is 3.27. The number of nitrogens with zero attached hydrogens (tertiary/aromatic N) is 2. The summed E-state index contributed by atoms with van der Waals surface area (Å²) in [5, 5.41) is 3.33. The highest BCUT2D eigenvalue weighted by atomic mass is 15.3. The van der Waals surface area contributed by atoms with E-state index in [2.05, 4.69) is 29.1 Å². The van der Waals surface area contributed by atoms with Crippen LogP contribution in [0.5, 0.6) is 0 Å². The third-order valence-electron chi connectivity index (χ3n) is 3.27. The summed E-state index contributed by atoms with van der Waals surface area (Å²) in [6.45, 7) is 8.47. The van der Waals surface area contributed by atoms with E-state index in [4.69, 9.17) is 0 Å². The number of rotatable bonds is 1. The molecule has 0 aromatic rings. The Morgan fingerprint density at radius 1 is 1.25 bits per heavy atom. The smallest absolute Gasteiger partial charge is 0.0346 e. The van der Waals surface area contributed by atoms with Gasteiger partial charge in [0.2, 0.25) is 0 Å². The van der Waals surface area contributed by atoms with Crippen LogP contribution in [0.3, 0.4) is 0 Å². The predicted molar refractivity (Wildman–Crippen MR) is 50.3 cm³/mol. The highest BCUT2D eigenvalue weighted by molar-refractivity contribution is 4.89. The van der Waals surface area contributed by atoms with Gasteiger partial charge < -0.3 is 10.2 Å². The lowest BCUT2D eigenvalue weighted by molar-refractivity contribution is 0.0522. The first-order valence-corrected chi connectivity index (χ1v) is 4.92. The summed E-state index contributed by atoms with van der Waals surface area (Å²) >= 11 is 0. The first kappa shape index (κ1) is 8.48. The topological polar surface area (TPSA) is 18.5 Å². The molecule has 0 aromatic heterocycles. The molecule has 2 saturated heterocycles. The molecule has 0 spiro atoms. The second-order valence-electron chi connectivity index (χ2n) is 4.14. The van der Waals surface area contributed by atoms with Gasteiger partial charge in [-0.25, -0.2) is 0 Å². The van der Waals surface area contributed by atoms with E-state index in [0.717, 1.165) is 12.1 Å². The summed E-state index contributed by atoms with van der Waals surface area (Å²) in [6.07, 6.45) is 0. The number of nitrogens with one attached hydrogen (secondary N) is 1. The van der Waals surface area contributed by atoms with Crippen LogP contribution in [-0.4, -0.2) is 61.7 Å². The summed E-state index contributed by atoms with van der Waals surface area (Å²) in [4.78, 5) is 5.07. The number of likely N-dealkylation sites (N-methyl/N-ethyl adjacent to an activating group) is 1. The predicted octanol–water partition coefficient (Wildman–Crippen LogP) is -0.406. The molecule has 0 amide bonds. The molecule has 2 heterocycles. The summed E-state index contributed by atoms with van der Waals surface area (Å²) in [5.41, 5.74) is 0. The van der Waals surface area contributed by atoms with E-state index >= 15 is 0 Å². The van der Waals surface area contributed by atoms with Gasteiger partial charge in [-0.15, -0.1) is 0 Å². The molecule has 0 radical (unpaired) electrons. The molecule has 2 fully saturated rings. The largest absolute Gasteiger partial charge is 0.314 e. The van der Waals surface area contributed by atoms with Gasteiger partial charge in [0.25, 0.3) is 0 Å². The van der Waals surface area contributed by atoms with E-state index in [1.54, 1.807) is 0 Å². The molecular weight excluding hydrogens is 150 g/mol. The fraction of sp³-hybridized carbons (Fsp3) is 1.00. The van der Waals surface area contributed by atoms with Crippen LogP contribution >= 0.6 is 0 Å². The van der Waals surface area contributed by atoms with Crippen LogP contribution in [0.15, 0.2) is 0 Å². The average Bonchev–Trinajstić information content (AvgIpc) is 1.93. The summed E-state index contributed by atoms with van der Waals surface area (Å²) in [5.74, 6) is 0. The van der Waals surface area contributed by atoms with Crippen LogP contribution in [0.25, 0.3) is 0 Å². The van der Waals surface area contributed by atoms with Crippen LogP contribution in [0, 0.1) is 0 Å². The summed E-state index contributed by atoms with van der Waals surface area (Å²) in [7, 11) is 2.22. The van der Waals surface area contributed by atoms with E-state index in [-0.39, 0.29) is 0 Å². The first-order chi connectivity index (χ1) is 5.77. The van der Waals surface area contributed by atoms with Gasteiger partial charge in [-0.2, -0.15) is 0 Å². The van der Waals surface area contributed by atoms with Gasteiger partial charge in [-0.3, -0.25) is 4.90 Å². The minimum Gasteiger partial charge on any atom is -0.314 e. The number of hydrogen-bond acceptors (Lipinski definition) is 3. The molecular formula is C9H19N3. The lowest BCUT2D eigenvalue weighted by Crippen LogP contribution is -2.62. The summed E-state index contributed by atoms with van der Waals surface area (Å²) in [6, 6.07) is 1.57. The zero-order chi connectivity index (χ0) is 8.55. The average molecular weight is 169 g/mol. The molecule has 1 N–H and O–H groups in total. The van der Waals surface area contributed by atoms with Gasteiger partial charge in [0.15, 0.2) is 0 Å².